The van der Waals surface area contributed by atoms with Gasteiger partial charge in [0.05, 0.1) is 0 Å². The van der Waals surface area contributed by atoms with Gasteiger partial charge in [-0.25, -0.2) is 0 Å². The minimum atomic E-state index is 0. The van der Waals surface area contributed by atoms with E-state index in [9.17, 15) is 0 Å². The molecule has 0 radical (unpaired) electrons. The lowest BCUT2D eigenvalue weighted by atomic mass is 10.1. The van der Waals surface area contributed by atoms with Crippen molar-refractivity contribution >= 4 is 41.7 Å². The Morgan fingerprint density at radius 1 is 1.15 bits per heavy atom. The smallest absolute Gasteiger partial charge is 0.193 e. The quantitative estimate of drug-likeness (QED) is 0.388. The summed E-state index contributed by atoms with van der Waals surface area (Å²) < 4.78 is 0. The van der Waals surface area contributed by atoms with Gasteiger partial charge >= 0.3 is 0 Å². The second kappa shape index (κ2) is 11.4. The first-order valence-corrected chi connectivity index (χ1v) is 10.7. The highest BCUT2D eigenvalue weighted by Crippen LogP contribution is 2.21. The Morgan fingerprint density at radius 3 is 2.50 bits per heavy atom. The first kappa shape index (κ1) is 21.8. The number of nitrogens with zero attached hydrogens (tertiary/aromatic N) is 3. The first-order valence-electron chi connectivity index (χ1n) is 9.66. The highest BCUT2D eigenvalue weighted by atomic mass is 127. The van der Waals surface area contributed by atoms with Gasteiger partial charge in [-0.2, -0.15) is 11.8 Å². The second-order valence-corrected chi connectivity index (χ2v) is 8.46. The van der Waals surface area contributed by atoms with E-state index >= 15 is 0 Å². The number of thioether (sulfide) groups is 1. The molecule has 1 atom stereocenters. The molecule has 0 saturated carbocycles. The van der Waals surface area contributed by atoms with E-state index in [1.165, 1.54) is 49.2 Å². The number of aliphatic imine (C=N–C) groups is 1. The van der Waals surface area contributed by atoms with Gasteiger partial charge in [-0.3, -0.25) is 9.89 Å². The van der Waals surface area contributed by atoms with Crippen molar-refractivity contribution in [3.63, 3.8) is 0 Å². The van der Waals surface area contributed by atoms with Crippen molar-refractivity contribution in [3.05, 3.63) is 35.4 Å². The molecule has 26 heavy (non-hydrogen) atoms. The third-order valence-electron chi connectivity index (χ3n) is 5.18. The lowest BCUT2D eigenvalue weighted by Crippen LogP contribution is -2.47. The Labute approximate surface area is 180 Å². The second-order valence-electron chi connectivity index (χ2n) is 7.05. The molecule has 1 aromatic carbocycles. The summed E-state index contributed by atoms with van der Waals surface area (Å²) in [5.74, 6) is 2.24. The highest BCUT2D eigenvalue weighted by molar-refractivity contribution is 14.0. The van der Waals surface area contributed by atoms with E-state index in [-0.39, 0.29) is 24.0 Å². The van der Waals surface area contributed by atoms with Gasteiger partial charge in [0.1, 0.15) is 0 Å². The molecule has 0 bridgehead atoms. The molecule has 1 N–H and O–H groups in total. The van der Waals surface area contributed by atoms with Crippen LogP contribution >= 0.6 is 35.7 Å². The van der Waals surface area contributed by atoms with Crippen LogP contribution in [0, 0.1) is 0 Å². The van der Waals surface area contributed by atoms with Gasteiger partial charge in [0.15, 0.2) is 5.96 Å². The molecule has 1 unspecified atom stereocenters. The number of guanidine groups is 1. The molecule has 146 valence electrons. The monoisotopic (exact) mass is 488 g/mol. The van der Waals surface area contributed by atoms with Crippen LogP contribution in [0.4, 0.5) is 0 Å². The van der Waals surface area contributed by atoms with E-state index in [0.29, 0.717) is 0 Å². The lowest BCUT2D eigenvalue weighted by Gasteiger charge is -2.34. The van der Waals surface area contributed by atoms with E-state index in [1.54, 1.807) is 0 Å². The summed E-state index contributed by atoms with van der Waals surface area (Å²) in [6.45, 7) is 8.93. The number of nitrogens with one attached hydrogen (secondary N) is 1. The third-order valence-corrected chi connectivity index (χ3v) is 6.56. The number of benzene rings is 1. The predicted molar refractivity (Wildman–Crippen MR) is 125 cm³/mol. The minimum Gasteiger partial charge on any atom is -0.352 e. The molecule has 2 aliphatic heterocycles. The van der Waals surface area contributed by atoms with E-state index in [0.717, 1.165) is 37.4 Å². The van der Waals surface area contributed by atoms with Gasteiger partial charge in [-0.1, -0.05) is 31.2 Å². The molecule has 4 nitrogen and oxygen atoms in total. The van der Waals surface area contributed by atoms with Crippen LogP contribution in [0.3, 0.4) is 0 Å². The minimum absolute atomic E-state index is 0. The maximum Gasteiger partial charge on any atom is 0.193 e. The molecule has 3 rings (SSSR count). The molecular formula is C20H33IN4S. The standard InChI is InChI=1S/C20H32N4S.HI/c1-3-19-16-24(12-13-25-19)20(21-2)22-14-17-6-8-18(9-7-17)15-23-10-4-5-11-23;/h6-9,19H,3-5,10-16H2,1-2H3,(H,21,22);1H. The summed E-state index contributed by atoms with van der Waals surface area (Å²) in [4.78, 5) is 9.46. The average Bonchev–Trinajstić information content (AvgIpc) is 3.17. The van der Waals surface area contributed by atoms with Gasteiger partial charge in [-0.05, 0) is 43.5 Å². The summed E-state index contributed by atoms with van der Waals surface area (Å²) in [6, 6.07) is 9.07. The van der Waals surface area contributed by atoms with Gasteiger partial charge in [-0.15, -0.1) is 24.0 Å². The molecule has 0 amide bonds. The van der Waals surface area contributed by atoms with Crippen molar-refractivity contribution in [2.75, 3.05) is 39.0 Å². The maximum atomic E-state index is 4.50. The lowest BCUT2D eigenvalue weighted by molar-refractivity contribution is 0.331. The van der Waals surface area contributed by atoms with Crippen LogP contribution < -0.4 is 5.32 Å². The van der Waals surface area contributed by atoms with E-state index < -0.39 is 0 Å². The third kappa shape index (κ3) is 6.30. The normalized spacial score (nSPS) is 21.5. The van der Waals surface area contributed by atoms with Crippen LogP contribution in [0.25, 0.3) is 0 Å². The number of likely N-dealkylation sites (tertiary alicyclic amines) is 1. The van der Waals surface area contributed by atoms with Crippen LogP contribution in [0.15, 0.2) is 29.3 Å². The van der Waals surface area contributed by atoms with Crippen molar-refractivity contribution in [2.24, 2.45) is 4.99 Å². The van der Waals surface area contributed by atoms with Crippen molar-refractivity contribution in [2.45, 2.75) is 44.5 Å². The van der Waals surface area contributed by atoms with Crippen LogP contribution in [-0.4, -0.2) is 60.0 Å². The summed E-state index contributed by atoms with van der Waals surface area (Å²) in [7, 11) is 1.89. The molecule has 6 heteroatoms. The largest absolute Gasteiger partial charge is 0.352 e. The Morgan fingerprint density at radius 2 is 1.85 bits per heavy atom. The molecule has 0 aromatic heterocycles. The summed E-state index contributed by atoms with van der Waals surface area (Å²) >= 11 is 2.10. The molecule has 2 fully saturated rings. The fraction of sp³-hybridized carbons (Fsp3) is 0.650. The maximum absolute atomic E-state index is 4.50. The SMILES string of the molecule is CCC1CN(C(=NC)NCc2ccc(CN3CCCC3)cc2)CCS1.I. The first-order chi connectivity index (χ1) is 12.3. The fourth-order valence-electron chi connectivity index (χ4n) is 3.63. The van der Waals surface area contributed by atoms with Gasteiger partial charge < -0.3 is 10.2 Å². The highest BCUT2D eigenvalue weighted by Gasteiger charge is 2.21. The zero-order valence-corrected chi connectivity index (χ0v) is 19.3. The fourth-order valence-corrected chi connectivity index (χ4v) is 4.81. The zero-order valence-electron chi connectivity index (χ0n) is 16.1. The van der Waals surface area contributed by atoms with Crippen LogP contribution in [0.2, 0.25) is 0 Å². The average molecular weight is 488 g/mol. The van der Waals surface area contributed by atoms with E-state index in [4.69, 9.17) is 0 Å². The van der Waals surface area contributed by atoms with Crippen molar-refractivity contribution < 1.29 is 0 Å². The van der Waals surface area contributed by atoms with E-state index in [2.05, 4.69) is 63.1 Å². The van der Waals surface area contributed by atoms with Crippen LogP contribution in [0.5, 0.6) is 0 Å². The van der Waals surface area contributed by atoms with Gasteiger partial charge in [0.25, 0.3) is 0 Å². The number of rotatable bonds is 5. The summed E-state index contributed by atoms with van der Waals surface area (Å²) in [5, 5.41) is 4.28. The number of hydrogen-bond donors (Lipinski definition) is 1. The predicted octanol–water partition coefficient (Wildman–Crippen LogP) is 3.80. The molecule has 2 aliphatic rings. The van der Waals surface area contributed by atoms with Crippen LogP contribution in [-0.2, 0) is 13.1 Å². The molecule has 0 aliphatic carbocycles. The number of halogens is 1. The molecule has 0 spiro atoms. The van der Waals surface area contributed by atoms with Crippen molar-refractivity contribution in [3.8, 4) is 0 Å². The topological polar surface area (TPSA) is 30.9 Å². The summed E-state index contributed by atoms with van der Waals surface area (Å²) in [6.07, 6.45) is 3.95. The summed E-state index contributed by atoms with van der Waals surface area (Å²) in [5.41, 5.74) is 2.75. The number of hydrogen-bond acceptors (Lipinski definition) is 3. The Hall–Kier alpha value is -0.470. The molecular weight excluding hydrogens is 455 g/mol. The Balaban J connectivity index is 0.00000243. The van der Waals surface area contributed by atoms with Gasteiger partial charge in [0.2, 0.25) is 0 Å². The van der Waals surface area contributed by atoms with Crippen molar-refractivity contribution in [1.82, 2.24) is 15.1 Å². The molecule has 2 heterocycles. The molecule has 1 aromatic rings. The van der Waals surface area contributed by atoms with Crippen LogP contribution in [0.1, 0.15) is 37.3 Å². The Kier molecular flexibility index (Phi) is 9.56. The molecule has 2 saturated heterocycles. The van der Waals surface area contributed by atoms with Crippen molar-refractivity contribution in [1.29, 1.82) is 0 Å². The van der Waals surface area contributed by atoms with Gasteiger partial charge in [0, 0.05) is 44.2 Å². The zero-order chi connectivity index (χ0) is 17.5. The Bertz CT molecular complexity index is 557. The van der Waals surface area contributed by atoms with E-state index in [1.807, 2.05) is 7.05 Å².